The Morgan fingerprint density at radius 2 is 1.95 bits per heavy atom. The van der Waals surface area contributed by atoms with Crippen molar-refractivity contribution in [3.63, 3.8) is 0 Å². The summed E-state index contributed by atoms with van der Waals surface area (Å²) >= 11 is 0. The van der Waals surface area contributed by atoms with E-state index in [4.69, 9.17) is 0 Å². The van der Waals surface area contributed by atoms with E-state index in [0.717, 1.165) is 23.4 Å². The minimum absolute atomic E-state index is 0.605. The third-order valence-corrected chi connectivity index (χ3v) is 2.94. The van der Waals surface area contributed by atoms with Gasteiger partial charge in [0.15, 0.2) is 5.65 Å². The minimum atomic E-state index is 0.605. The summed E-state index contributed by atoms with van der Waals surface area (Å²) in [7, 11) is 0. The number of benzene rings is 1. The lowest BCUT2D eigenvalue weighted by atomic mass is 10.3. The molecule has 0 amide bonds. The number of pyridine rings is 1. The van der Waals surface area contributed by atoms with Crippen molar-refractivity contribution in [2.45, 2.75) is 13.3 Å². The van der Waals surface area contributed by atoms with Gasteiger partial charge in [-0.1, -0.05) is 37.3 Å². The Bertz CT molecular complexity index is 729. The van der Waals surface area contributed by atoms with Crippen LogP contribution in [-0.4, -0.2) is 14.6 Å². The zero-order chi connectivity index (χ0) is 13.8. The van der Waals surface area contributed by atoms with E-state index < -0.39 is 0 Å². The molecule has 0 atom stereocenters. The molecule has 2 aromatic heterocycles. The first-order valence-corrected chi connectivity index (χ1v) is 6.71. The molecule has 1 N–H and O–H groups in total. The molecule has 20 heavy (non-hydrogen) atoms. The van der Waals surface area contributed by atoms with Crippen molar-refractivity contribution in [3.8, 4) is 0 Å². The van der Waals surface area contributed by atoms with Crippen LogP contribution in [0.4, 0.5) is 11.6 Å². The van der Waals surface area contributed by atoms with Gasteiger partial charge in [0.25, 0.3) is 0 Å². The fourth-order valence-corrected chi connectivity index (χ4v) is 1.99. The molecule has 0 aliphatic heterocycles. The molecule has 0 saturated heterocycles. The summed E-state index contributed by atoms with van der Waals surface area (Å²) in [5.74, 6) is 0.605. The smallest absolute Gasteiger partial charge is 0.247 e. The van der Waals surface area contributed by atoms with Crippen molar-refractivity contribution < 1.29 is 0 Å². The van der Waals surface area contributed by atoms with Crippen LogP contribution in [0.5, 0.6) is 0 Å². The fraction of sp³-hybridized carbons (Fsp3) is 0.125. The third kappa shape index (κ3) is 2.54. The van der Waals surface area contributed by atoms with Gasteiger partial charge in [0, 0.05) is 5.69 Å². The first-order chi connectivity index (χ1) is 9.86. The summed E-state index contributed by atoms with van der Waals surface area (Å²) < 4.78 is 1.84. The maximum atomic E-state index is 4.50. The van der Waals surface area contributed by atoms with E-state index >= 15 is 0 Å². The number of nitrogens with zero attached hydrogens (tertiary/aromatic N) is 3. The average Bonchev–Trinajstić information content (AvgIpc) is 2.89. The van der Waals surface area contributed by atoms with Crippen LogP contribution in [0.2, 0.25) is 0 Å². The molecular weight excluding hydrogens is 248 g/mol. The van der Waals surface area contributed by atoms with Crippen molar-refractivity contribution in [3.05, 3.63) is 60.3 Å². The Balaban J connectivity index is 1.96. The summed E-state index contributed by atoms with van der Waals surface area (Å²) in [5, 5.41) is 7.71. The predicted molar refractivity (Wildman–Crippen MR) is 82.0 cm³/mol. The van der Waals surface area contributed by atoms with Gasteiger partial charge in [-0.25, -0.2) is 4.52 Å². The molecule has 0 spiro atoms. The van der Waals surface area contributed by atoms with Gasteiger partial charge >= 0.3 is 0 Å². The highest BCUT2D eigenvalue weighted by molar-refractivity contribution is 5.57. The van der Waals surface area contributed by atoms with Crippen LogP contribution in [0.25, 0.3) is 11.7 Å². The topological polar surface area (TPSA) is 42.2 Å². The first kappa shape index (κ1) is 12.4. The van der Waals surface area contributed by atoms with Crippen LogP contribution in [0.3, 0.4) is 0 Å². The highest BCUT2D eigenvalue weighted by Crippen LogP contribution is 2.15. The average molecular weight is 264 g/mol. The minimum Gasteiger partial charge on any atom is -0.323 e. The summed E-state index contributed by atoms with van der Waals surface area (Å²) in [4.78, 5) is 4.48. The standard InChI is InChI=1S/C16H16N4/c1-2-3-10-14-11-7-12-15-18-16(19-20(14)15)17-13-8-5-4-6-9-13/h3-12H,2H2,1H3,(H,17,19)/b10-3+. The Kier molecular flexibility index (Phi) is 3.46. The first-order valence-electron chi connectivity index (χ1n) is 6.71. The number of aromatic nitrogens is 3. The van der Waals surface area contributed by atoms with E-state index in [1.165, 1.54) is 0 Å². The van der Waals surface area contributed by atoms with E-state index in [2.05, 4.69) is 34.5 Å². The van der Waals surface area contributed by atoms with E-state index in [1.807, 2.05) is 53.0 Å². The van der Waals surface area contributed by atoms with E-state index in [0.29, 0.717) is 5.95 Å². The number of para-hydroxylation sites is 1. The van der Waals surface area contributed by atoms with Crippen LogP contribution in [0, 0.1) is 0 Å². The Morgan fingerprint density at radius 3 is 2.75 bits per heavy atom. The molecule has 2 heterocycles. The molecule has 100 valence electrons. The maximum absolute atomic E-state index is 4.50. The van der Waals surface area contributed by atoms with Crippen LogP contribution >= 0.6 is 0 Å². The van der Waals surface area contributed by atoms with Gasteiger partial charge in [-0.3, -0.25) is 0 Å². The normalized spacial score (nSPS) is 11.2. The number of rotatable bonds is 4. The molecule has 0 radical (unpaired) electrons. The Labute approximate surface area is 117 Å². The maximum Gasteiger partial charge on any atom is 0.247 e. The van der Waals surface area contributed by atoms with E-state index in [9.17, 15) is 0 Å². The number of fused-ring (bicyclic) bond motifs is 1. The molecule has 0 aliphatic carbocycles. The molecular formula is C16H16N4. The molecule has 0 saturated carbocycles. The van der Waals surface area contributed by atoms with Crippen molar-refractivity contribution in [2.75, 3.05) is 5.32 Å². The summed E-state index contributed by atoms with van der Waals surface area (Å²) in [6.07, 6.45) is 5.18. The van der Waals surface area contributed by atoms with Gasteiger partial charge in [-0.15, -0.1) is 5.10 Å². The van der Waals surface area contributed by atoms with Crippen LogP contribution in [0.15, 0.2) is 54.6 Å². The zero-order valence-corrected chi connectivity index (χ0v) is 11.3. The number of nitrogens with one attached hydrogen (secondary N) is 1. The van der Waals surface area contributed by atoms with E-state index in [1.54, 1.807) is 0 Å². The lowest BCUT2D eigenvalue weighted by Gasteiger charge is -1.99. The van der Waals surface area contributed by atoms with Gasteiger partial charge in [0.05, 0.1) is 5.69 Å². The van der Waals surface area contributed by atoms with Crippen LogP contribution in [0.1, 0.15) is 19.0 Å². The molecule has 0 fully saturated rings. The third-order valence-electron chi connectivity index (χ3n) is 2.94. The van der Waals surface area contributed by atoms with E-state index in [-0.39, 0.29) is 0 Å². The molecule has 1 aromatic carbocycles. The van der Waals surface area contributed by atoms with Gasteiger partial charge in [-0.05, 0) is 36.8 Å². The lowest BCUT2D eigenvalue weighted by Crippen LogP contribution is -1.95. The molecule has 0 aliphatic rings. The quantitative estimate of drug-likeness (QED) is 0.777. The molecule has 3 rings (SSSR count). The number of hydrogen-bond acceptors (Lipinski definition) is 3. The van der Waals surface area contributed by atoms with Crippen molar-refractivity contribution in [1.82, 2.24) is 14.6 Å². The van der Waals surface area contributed by atoms with Gasteiger partial charge in [-0.2, -0.15) is 4.98 Å². The van der Waals surface area contributed by atoms with Crippen LogP contribution < -0.4 is 5.32 Å². The highest BCUT2D eigenvalue weighted by atomic mass is 15.4. The molecule has 3 aromatic rings. The largest absolute Gasteiger partial charge is 0.323 e. The van der Waals surface area contributed by atoms with Crippen LogP contribution in [-0.2, 0) is 0 Å². The van der Waals surface area contributed by atoms with Crippen molar-refractivity contribution >= 4 is 23.4 Å². The number of anilines is 2. The molecule has 4 nitrogen and oxygen atoms in total. The second-order valence-corrected chi connectivity index (χ2v) is 4.46. The second-order valence-electron chi connectivity index (χ2n) is 4.46. The summed E-state index contributed by atoms with van der Waals surface area (Å²) in [5.41, 5.74) is 2.84. The van der Waals surface area contributed by atoms with Gasteiger partial charge < -0.3 is 5.32 Å². The van der Waals surface area contributed by atoms with Crippen molar-refractivity contribution in [2.24, 2.45) is 0 Å². The molecule has 0 bridgehead atoms. The zero-order valence-electron chi connectivity index (χ0n) is 11.3. The fourth-order valence-electron chi connectivity index (χ4n) is 1.99. The number of allylic oxidation sites excluding steroid dienone is 1. The van der Waals surface area contributed by atoms with Gasteiger partial charge in [0.1, 0.15) is 0 Å². The molecule has 4 heteroatoms. The highest BCUT2D eigenvalue weighted by Gasteiger charge is 2.05. The Hall–Kier alpha value is -2.62. The molecule has 0 unspecified atom stereocenters. The summed E-state index contributed by atoms with van der Waals surface area (Å²) in [6, 6.07) is 15.9. The predicted octanol–water partition coefficient (Wildman–Crippen LogP) is 3.90. The van der Waals surface area contributed by atoms with Gasteiger partial charge in [0.2, 0.25) is 5.95 Å². The second kappa shape index (κ2) is 5.57. The van der Waals surface area contributed by atoms with Crippen molar-refractivity contribution in [1.29, 1.82) is 0 Å². The Morgan fingerprint density at radius 1 is 1.10 bits per heavy atom. The number of hydrogen-bond donors (Lipinski definition) is 1. The monoisotopic (exact) mass is 264 g/mol. The summed E-state index contributed by atoms with van der Waals surface area (Å²) in [6.45, 7) is 2.11. The SMILES string of the molecule is CC/C=C/c1cccc2nc(Nc3ccccc3)nn12. The lowest BCUT2D eigenvalue weighted by molar-refractivity contribution is 0.951.